The Hall–Kier alpha value is -2.05. The van der Waals surface area contributed by atoms with Gasteiger partial charge in [0.25, 0.3) is 0 Å². The van der Waals surface area contributed by atoms with Crippen LogP contribution in [-0.4, -0.2) is 56.6 Å². The molecule has 0 spiro atoms. The molecule has 0 amide bonds. The van der Waals surface area contributed by atoms with Crippen molar-refractivity contribution in [3.8, 4) is 0 Å². The van der Waals surface area contributed by atoms with Crippen molar-refractivity contribution in [1.29, 1.82) is 0 Å². The number of allylic oxidation sites excluding steroid dienone is 1. The van der Waals surface area contributed by atoms with Gasteiger partial charge in [0.15, 0.2) is 17.3 Å². The first-order valence-corrected chi connectivity index (χ1v) is 8.18. The van der Waals surface area contributed by atoms with Crippen molar-refractivity contribution in [2.45, 2.75) is 13.8 Å². The molecule has 1 aliphatic heterocycles. The van der Waals surface area contributed by atoms with Crippen LogP contribution in [0.15, 0.2) is 11.3 Å². The summed E-state index contributed by atoms with van der Waals surface area (Å²) in [5, 5.41) is 0. The van der Waals surface area contributed by atoms with E-state index in [0.717, 1.165) is 0 Å². The Bertz CT molecular complexity index is 628. The second-order valence-corrected chi connectivity index (χ2v) is 5.83. The van der Waals surface area contributed by atoms with E-state index in [0.29, 0.717) is 11.4 Å². The van der Waals surface area contributed by atoms with Gasteiger partial charge in [-0.1, -0.05) is 0 Å². The molecule has 0 aliphatic carbocycles. The van der Waals surface area contributed by atoms with Crippen LogP contribution in [0.1, 0.15) is 13.8 Å². The van der Waals surface area contributed by atoms with Crippen LogP contribution in [0.3, 0.4) is 0 Å². The lowest BCUT2D eigenvalue weighted by atomic mass is 9.79. The molecule has 0 N–H and O–H groups in total. The fourth-order valence-electron chi connectivity index (χ4n) is 2.49. The molecule has 0 saturated heterocycles. The second-order valence-electron chi connectivity index (χ2n) is 5.07. The molecule has 1 heterocycles. The number of methoxy groups -OCH3 is 3. The fraction of sp³-hybridized carbons (Fsp3) is 0.571. The third-order valence-electron chi connectivity index (χ3n) is 3.83. The molecule has 12 heteroatoms. The minimum Gasteiger partial charge on any atom is -0.469 e. The lowest BCUT2D eigenvalue weighted by Crippen LogP contribution is -2.68. The molecule has 11 nitrogen and oxygen atoms in total. The summed E-state index contributed by atoms with van der Waals surface area (Å²) in [4.78, 5) is 36.2. The number of hydrogen-bond acceptors (Lipinski definition) is 10. The average Bonchev–Trinajstić information content (AvgIpc) is 2.55. The highest BCUT2D eigenvalue weighted by Gasteiger charge is 2.51. The van der Waals surface area contributed by atoms with Crippen molar-refractivity contribution in [3.63, 3.8) is 0 Å². The molecule has 0 aromatic rings. The van der Waals surface area contributed by atoms with Gasteiger partial charge >= 0.3 is 17.9 Å². The van der Waals surface area contributed by atoms with E-state index in [1.165, 1.54) is 21.3 Å². The van der Waals surface area contributed by atoms with Crippen molar-refractivity contribution in [3.05, 3.63) is 11.3 Å². The van der Waals surface area contributed by atoms with E-state index in [2.05, 4.69) is 0 Å². The second kappa shape index (κ2) is 9.59. The lowest BCUT2D eigenvalue weighted by molar-refractivity contribution is -2.00. The van der Waals surface area contributed by atoms with Crippen molar-refractivity contribution in [2.75, 3.05) is 28.4 Å². The van der Waals surface area contributed by atoms with Crippen molar-refractivity contribution in [2.24, 2.45) is 11.8 Å². The molecular formula is C14H20ClNO10. The summed E-state index contributed by atoms with van der Waals surface area (Å²) in [6, 6.07) is 0. The Kier molecular flexibility index (Phi) is 8.84. The van der Waals surface area contributed by atoms with E-state index >= 15 is 0 Å². The quantitative estimate of drug-likeness (QED) is 0.256. The van der Waals surface area contributed by atoms with E-state index in [1.54, 1.807) is 25.5 Å². The molecule has 0 saturated carbocycles. The number of hydrogen-bond donors (Lipinski definition) is 0. The normalized spacial score (nSPS) is 20.1. The van der Waals surface area contributed by atoms with Crippen LogP contribution < -0.4 is 18.6 Å². The van der Waals surface area contributed by atoms with Gasteiger partial charge in [0, 0.05) is 13.8 Å². The SMILES string of the molecule is COC(=O)C1=C(C)[N+](C)=C(C)C(C(=O)OC)C1C(=O)OC.[O-][Cl+3]([O-])([O-])[O-]. The highest BCUT2D eigenvalue weighted by molar-refractivity contribution is 6.08. The number of nitrogens with zero attached hydrogens (tertiary/aromatic N) is 1. The number of carbonyl (C=O) groups excluding carboxylic acids is 3. The third-order valence-corrected chi connectivity index (χ3v) is 3.83. The van der Waals surface area contributed by atoms with E-state index in [4.69, 9.17) is 32.8 Å². The molecule has 2 unspecified atom stereocenters. The third kappa shape index (κ3) is 6.04. The van der Waals surface area contributed by atoms with Crippen molar-refractivity contribution < 1.29 is 62.0 Å². The van der Waals surface area contributed by atoms with Gasteiger partial charge in [-0.25, -0.2) is 28.0 Å². The zero-order chi connectivity index (χ0) is 20.8. The Morgan fingerprint density at radius 2 is 1.27 bits per heavy atom. The molecular weight excluding hydrogens is 378 g/mol. The molecule has 148 valence electrons. The number of esters is 3. The van der Waals surface area contributed by atoms with Crippen LogP contribution in [0.25, 0.3) is 0 Å². The highest BCUT2D eigenvalue weighted by atomic mass is 35.7. The largest absolute Gasteiger partial charge is 0.469 e. The summed E-state index contributed by atoms with van der Waals surface area (Å²) < 4.78 is 49.9. The van der Waals surface area contributed by atoms with Crippen LogP contribution in [-0.2, 0) is 28.6 Å². The zero-order valence-corrected chi connectivity index (χ0v) is 15.8. The summed E-state index contributed by atoms with van der Waals surface area (Å²) in [5.74, 6) is -3.96. The fourth-order valence-corrected chi connectivity index (χ4v) is 2.49. The Morgan fingerprint density at radius 3 is 1.62 bits per heavy atom. The number of rotatable bonds is 3. The number of carbonyl (C=O) groups is 3. The standard InChI is InChI=1S/C14H20NO6.ClHO4/c1-7-9(12(16)19-4)11(14(18)21-6)10(13(17)20-5)8(2)15(7)3;2-1(3,4)5/h9,11H,1-6H3;(H,2,3,4,5)/q+1;/p-1. The zero-order valence-electron chi connectivity index (χ0n) is 15.1. The molecule has 0 aromatic heterocycles. The lowest BCUT2D eigenvalue weighted by Gasteiger charge is -2.27. The van der Waals surface area contributed by atoms with Gasteiger partial charge in [0.2, 0.25) is 0 Å². The predicted octanol–water partition coefficient (Wildman–Crippen LogP) is -4.63. The molecule has 0 aromatic carbocycles. The predicted molar refractivity (Wildman–Crippen MR) is 72.6 cm³/mol. The van der Waals surface area contributed by atoms with E-state index in [1.807, 2.05) is 0 Å². The van der Waals surface area contributed by atoms with E-state index in [9.17, 15) is 14.4 Å². The van der Waals surface area contributed by atoms with Gasteiger partial charge in [-0.15, -0.1) is 10.2 Å². The summed E-state index contributed by atoms with van der Waals surface area (Å²) in [6.45, 7) is 3.38. The monoisotopic (exact) mass is 397 g/mol. The van der Waals surface area contributed by atoms with Gasteiger partial charge in [-0.3, -0.25) is 9.59 Å². The summed E-state index contributed by atoms with van der Waals surface area (Å²) in [6.07, 6.45) is 0. The van der Waals surface area contributed by atoms with Crippen LogP contribution >= 0.6 is 0 Å². The molecule has 0 bridgehead atoms. The maximum absolute atomic E-state index is 12.1. The minimum atomic E-state index is -4.94. The maximum Gasteiger partial charge on any atom is 0.341 e. The van der Waals surface area contributed by atoms with Crippen molar-refractivity contribution >= 4 is 23.6 Å². The number of ether oxygens (including phenoxy) is 3. The van der Waals surface area contributed by atoms with Crippen molar-refractivity contribution in [1.82, 2.24) is 0 Å². The highest BCUT2D eigenvalue weighted by Crippen LogP contribution is 2.32. The Morgan fingerprint density at radius 1 is 0.885 bits per heavy atom. The van der Waals surface area contributed by atoms with Gasteiger partial charge in [0.1, 0.15) is 18.5 Å². The number of halogens is 1. The van der Waals surface area contributed by atoms with Gasteiger partial charge in [-0.05, 0) is 0 Å². The minimum absolute atomic E-state index is 0.104. The van der Waals surface area contributed by atoms with Crippen LogP contribution in [0.2, 0.25) is 0 Å². The van der Waals surface area contributed by atoms with E-state index < -0.39 is 40.0 Å². The first-order valence-electron chi connectivity index (χ1n) is 6.95. The molecule has 2 atom stereocenters. The van der Waals surface area contributed by atoms with E-state index in [-0.39, 0.29) is 5.57 Å². The van der Waals surface area contributed by atoms with Crippen LogP contribution in [0, 0.1) is 22.1 Å². The molecule has 0 fully saturated rings. The maximum atomic E-state index is 12.1. The van der Waals surface area contributed by atoms with Gasteiger partial charge in [0.05, 0.1) is 21.3 Å². The molecule has 1 aliphatic rings. The first-order chi connectivity index (χ1) is 11.8. The van der Waals surface area contributed by atoms with Crippen LogP contribution in [0.4, 0.5) is 0 Å². The first kappa shape index (κ1) is 23.9. The average molecular weight is 398 g/mol. The summed E-state index contributed by atoms with van der Waals surface area (Å²) >= 11 is 0. The summed E-state index contributed by atoms with van der Waals surface area (Å²) in [5.41, 5.74) is 1.24. The molecule has 0 radical (unpaired) electrons. The molecule has 1 rings (SSSR count). The van der Waals surface area contributed by atoms with Gasteiger partial charge < -0.3 is 14.2 Å². The van der Waals surface area contributed by atoms with Gasteiger partial charge in [-0.2, -0.15) is 0 Å². The Balaban J connectivity index is 0.00000110. The smallest absolute Gasteiger partial charge is 0.341 e. The Labute approximate surface area is 151 Å². The molecule has 26 heavy (non-hydrogen) atoms. The topological polar surface area (TPSA) is 174 Å². The summed E-state index contributed by atoms with van der Waals surface area (Å²) in [7, 11) is 0.411. The van der Waals surface area contributed by atoms with Crippen LogP contribution in [0.5, 0.6) is 0 Å².